The Morgan fingerprint density at radius 3 is 2.48 bits per heavy atom. The zero-order valence-corrected chi connectivity index (χ0v) is 19.1. The Kier molecular flexibility index (Phi) is 6.49. The summed E-state index contributed by atoms with van der Waals surface area (Å²) in [6.07, 6.45) is 5.90. The smallest absolute Gasteiger partial charge is 0.237 e. The molecular formula is C19H22Cl3N5OS. The molecule has 1 aliphatic carbocycles. The lowest BCUT2D eigenvalue weighted by Crippen LogP contribution is -2.32. The van der Waals surface area contributed by atoms with Crippen LogP contribution in [0.3, 0.4) is 0 Å². The second-order valence-electron chi connectivity index (χ2n) is 7.43. The van der Waals surface area contributed by atoms with E-state index < -0.39 is 0 Å². The van der Waals surface area contributed by atoms with E-state index in [1.54, 1.807) is 6.07 Å². The number of aromatic nitrogens is 3. The van der Waals surface area contributed by atoms with E-state index in [9.17, 15) is 4.79 Å². The van der Waals surface area contributed by atoms with Gasteiger partial charge in [-0.05, 0) is 51.2 Å². The summed E-state index contributed by atoms with van der Waals surface area (Å²) in [4.78, 5) is 15.1. The van der Waals surface area contributed by atoms with Crippen LogP contribution in [-0.4, -0.2) is 39.0 Å². The molecule has 0 bridgehead atoms. The molecule has 4 rings (SSSR count). The molecule has 1 saturated carbocycles. The maximum Gasteiger partial charge on any atom is 0.237 e. The standard InChI is InChI=1S/C19H22Cl3N5OS/c1-11(17(28)23-16-10-14(21)13(20)9-15(16)22)29-19-25-24-18(27(19)12-5-6-12)26-7-3-2-4-8-26/h9-12H,2-8H2,1H3,(H,23,28). The Labute approximate surface area is 189 Å². The van der Waals surface area contributed by atoms with Gasteiger partial charge in [-0.15, -0.1) is 10.2 Å². The monoisotopic (exact) mass is 473 g/mol. The average Bonchev–Trinajstić information content (AvgIpc) is 3.46. The highest BCUT2D eigenvalue weighted by Crippen LogP contribution is 2.42. The van der Waals surface area contributed by atoms with Crippen LogP contribution in [0.15, 0.2) is 17.3 Å². The Balaban J connectivity index is 1.48. The van der Waals surface area contributed by atoms with Crippen molar-refractivity contribution in [2.45, 2.75) is 55.5 Å². The van der Waals surface area contributed by atoms with Crippen LogP contribution in [0.5, 0.6) is 0 Å². The van der Waals surface area contributed by atoms with Crippen LogP contribution in [-0.2, 0) is 4.79 Å². The van der Waals surface area contributed by atoms with E-state index in [0.29, 0.717) is 26.8 Å². The van der Waals surface area contributed by atoms with E-state index in [1.807, 2.05) is 6.92 Å². The number of amides is 1. The number of carbonyl (C=O) groups excluding carboxylic acids is 1. The number of hydrogen-bond donors (Lipinski definition) is 1. The topological polar surface area (TPSA) is 63.1 Å². The molecule has 1 N–H and O–H groups in total. The first kappa shape index (κ1) is 21.1. The Morgan fingerprint density at radius 1 is 1.10 bits per heavy atom. The van der Waals surface area contributed by atoms with E-state index in [2.05, 4.69) is 25.0 Å². The first-order valence-electron chi connectivity index (χ1n) is 9.76. The lowest BCUT2D eigenvalue weighted by molar-refractivity contribution is -0.115. The quantitative estimate of drug-likeness (QED) is 0.431. The van der Waals surface area contributed by atoms with Crippen molar-refractivity contribution in [1.29, 1.82) is 0 Å². The van der Waals surface area contributed by atoms with Gasteiger partial charge in [0.1, 0.15) is 0 Å². The minimum Gasteiger partial charge on any atom is -0.341 e. The number of rotatable bonds is 6. The molecule has 0 radical (unpaired) electrons. The van der Waals surface area contributed by atoms with Gasteiger partial charge in [0.25, 0.3) is 0 Å². The molecule has 1 aliphatic heterocycles. The summed E-state index contributed by atoms with van der Waals surface area (Å²) >= 11 is 19.6. The predicted molar refractivity (Wildman–Crippen MR) is 120 cm³/mol. The second-order valence-corrected chi connectivity index (χ2v) is 9.96. The van der Waals surface area contributed by atoms with Crippen LogP contribution < -0.4 is 10.2 Å². The van der Waals surface area contributed by atoms with Gasteiger partial charge in [0.15, 0.2) is 5.16 Å². The summed E-state index contributed by atoms with van der Waals surface area (Å²) in [5, 5.41) is 13.2. The molecule has 10 heteroatoms. The van der Waals surface area contributed by atoms with Crippen molar-refractivity contribution in [3.8, 4) is 0 Å². The summed E-state index contributed by atoms with van der Waals surface area (Å²) in [6, 6.07) is 3.51. The highest BCUT2D eigenvalue weighted by molar-refractivity contribution is 8.00. The van der Waals surface area contributed by atoms with Gasteiger partial charge in [-0.25, -0.2) is 0 Å². The molecule has 1 amide bonds. The van der Waals surface area contributed by atoms with Crippen molar-refractivity contribution in [3.05, 3.63) is 27.2 Å². The highest BCUT2D eigenvalue weighted by Gasteiger charge is 2.33. The summed E-state index contributed by atoms with van der Waals surface area (Å²) in [6.45, 7) is 3.88. The number of nitrogens with one attached hydrogen (secondary N) is 1. The van der Waals surface area contributed by atoms with Crippen molar-refractivity contribution in [1.82, 2.24) is 14.8 Å². The van der Waals surface area contributed by atoms with Crippen LogP contribution in [0, 0.1) is 0 Å². The van der Waals surface area contributed by atoms with Gasteiger partial charge in [0.2, 0.25) is 11.9 Å². The van der Waals surface area contributed by atoms with Gasteiger partial charge in [0.05, 0.1) is 26.0 Å². The molecule has 1 aromatic carbocycles. The number of piperidine rings is 1. The lowest BCUT2D eigenvalue weighted by atomic mass is 10.1. The molecule has 29 heavy (non-hydrogen) atoms. The fourth-order valence-corrected chi connectivity index (χ4v) is 4.88. The molecule has 2 aromatic rings. The minimum absolute atomic E-state index is 0.180. The molecular weight excluding hydrogens is 453 g/mol. The van der Waals surface area contributed by atoms with E-state index in [-0.39, 0.29) is 11.2 Å². The number of halogens is 3. The molecule has 0 spiro atoms. The fourth-order valence-electron chi connectivity index (χ4n) is 3.38. The van der Waals surface area contributed by atoms with Crippen molar-refractivity contribution in [3.63, 3.8) is 0 Å². The average molecular weight is 475 g/mol. The number of hydrogen-bond acceptors (Lipinski definition) is 5. The summed E-state index contributed by atoms with van der Waals surface area (Å²) in [7, 11) is 0. The van der Waals surface area contributed by atoms with Gasteiger partial charge in [-0.1, -0.05) is 46.6 Å². The molecule has 2 fully saturated rings. The van der Waals surface area contributed by atoms with Crippen LogP contribution >= 0.6 is 46.6 Å². The van der Waals surface area contributed by atoms with Gasteiger partial charge >= 0.3 is 0 Å². The molecule has 1 saturated heterocycles. The van der Waals surface area contributed by atoms with Crippen LogP contribution in [0.4, 0.5) is 11.6 Å². The predicted octanol–water partition coefficient (Wildman–Crippen LogP) is 5.68. The van der Waals surface area contributed by atoms with Crippen LogP contribution in [0.25, 0.3) is 0 Å². The number of nitrogens with zero attached hydrogens (tertiary/aromatic N) is 4. The maximum absolute atomic E-state index is 12.7. The van der Waals surface area contributed by atoms with Gasteiger partial charge in [0, 0.05) is 19.1 Å². The highest BCUT2D eigenvalue weighted by atomic mass is 35.5. The van der Waals surface area contributed by atoms with Crippen molar-refractivity contribution < 1.29 is 4.79 Å². The molecule has 2 heterocycles. The lowest BCUT2D eigenvalue weighted by Gasteiger charge is -2.28. The normalized spacial score (nSPS) is 18.0. The number of carbonyl (C=O) groups is 1. The van der Waals surface area contributed by atoms with Crippen LogP contribution in [0.1, 0.15) is 45.1 Å². The molecule has 1 aromatic heterocycles. The van der Waals surface area contributed by atoms with E-state index >= 15 is 0 Å². The number of benzene rings is 1. The molecule has 2 aliphatic rings. The van der Waals surface area contributed by atoms with Crippen molar-refractivity contribution >= 4 is 64.1 Å². The van der Waals surface area contributed by atoms with E-state index in [1.165, 1.54) is 37.1 Å². The zero-order valence-electron chi connectivity index (χ0n) is 16.0. The van der Waals surface area contributed by atoms with E-state index in [0.717, 1.165) is 37.0 Å². The largest absolute Gasteiger partial charge is 0.341 e. The number of anilines is 2. The third-order valence-corrected chi connectivity index (χ3v) is 7.21. The molecule has 156 valence electrons. The molecule has 6 nitrogen and oxygen atoms in total. The third-order valence-electron chi connectivity index (χ3n) is 5.12. The van der Waals surface area contributed by atoms with E-state index in [4.69, 9.17) is 34.8 Å². The molecule has 1 unspecified atom stereocenters. The van der Waals surface area contributed by atoms with Crippen LogP contribution in [0.2, 0.25) is 15.1 Å². The molecule has 1 atom stereocenters. The van der Waals surface area contributed by atoms with Crippen molar-refractivity contribution in [2.24, 2.45) is 0 Å². The fraction of sp³-hybridized carbons (Fsp3) is 0.526. The van der Waals surface area contributed by atoms with Gasteiger partial charge in [-0.2, -0.15) is 0 Å². The number of thioether (sulfide) groups is 1. The first-order valence-corrected chi connectivity index (χ1v) is 11.8. The SMILES string of the molecule is CC(Sc1nnc(N2CCCCC2)n1C1CC1)C(=O)Nc1cc(Cl)c(Cl)cc1Cl. The first-order chi connectivity index (χ1) is 13.9. The van der Waals surface area contributed by atoms with Gasteiger partial charge < -0.3 is 10.2 Å². The minimum atomic E-state index is -0.378. The summed E-state index contributed by atoms with van der Waals surface area (Å²) in [5.41, 5.74) is 0.441. The summed E-state index contributed by atoms with van der Waals surface area (Å²) < 4.78 is 2.21. The third kappa shape index (κ3) is 4.79. The second kappa shape index (κ2) is 8.92. The maximum atomic E-state index is 12.7. The zero-order chi connectivity index (χ0) is 20.5. The Bertz CT molecular complexity index is 911. The van der Waals surface area contributed by atoms with Crippen molar-refractivity contribution in [2.75, 3.05) is 23.3 Å². The van der Waals surface area contributed by atoms with Gasteiger partial charge in [-0.3, -0.25) is 9.36 Å². The Hall–Kier alpha value is -1.15. The summed E-state index contributed by atoms with van der Waals surface area (Å²) in [5.74, 6) is 0.759. The Morgan fingerprint density at radius 2 is 1.79 bits per heavy atom.